The maximum Gasteiger partial charge on any atom is 0.251 e. The second-order valence-corrected chi connectivity index (χ2v) is 5.83. The van der Waals surface area contributed by atoms with Crippen molar-refractivity contribution in [2.24, 2.45) is 0 Å². The SMILES string of the molecule is CC(C)c1cc(C(=O)NCCN(C)C2CC2)cc(N)n1. The summed E-state index contributed by atoms with van der Waals surface area (Å²) in [4.78, 5) is 18.7. The number of nitrogens with zero attached hydrogens (tertiary/aromatic N) is 2. The predicted octanol–water partition coefficient (Wildman–Crippen LogP) is 1.61. The molecular weight excluding hydrogens is 252 g/mol. The molecule has 1 aliphatic rings. The minimum absolute atomic E-state index is 0.0785. The van der Waals surface area contributed by atoms with Gasteiger partial charge in [0.25, 0.3) is 5.91 Å². The molecule has 0 saturated heterocycles. The van der Waals surface area contributed by atoms with Gasteiger partial charge in [0.15, 0.2) is 0 Å². The maximum atomic E-state index is 12.1. The fourth-order valence-corrected chi connectivity index (χ4v) is 2.15. The van der Waals surface area contributed by atoms with E-state index in [0.717, 1.165) is 18.3 Å². The number of rotatable bonds is 6. The second-order valence-electron chi connectivity index (χ2n) is 5.83. The molecule has 1 aromatic rings. The standard InChI is InChI=1S/C15H24N4O/c1-10(2)13-8-11(9-14(16)18-13)15(20)17-6-7-19(3)12-4-5-12/h8-10,12H,4-7H2,1-3H3,(H2,16,18)(H,17,20). The lowest BCUT2D eigenvalue weighted by Gasteiger charge is -2.16. The Bertz CT molecular complexity index is 483. The molecule has 2 rings (SSSR count). The minimum atomic E-state index is -0.0785. The minimum Gasteiger partial charge on any atom is -0.384 e. The summed E-state index contributed by atoms with van der Waals surface area (Å²) in [5, 5.41) is 2.94. The zero-order chi connectivity index (χ0) is 14.7. The van der Waals surface area contributed by atoms with Crippen molar-refractivity contribution in [1.82, 2.24) is 15.2 Å². The average molecular weight is 276 g/mol. The van der Waals surface area contributed by atoms with Gasteiger partial charge < -0.3 is 16.0 Å². The normalized spacial score (nSPS) is 14.8. The third kappa shape index (κ3) is 3.93. The Balaban J connectivity index is 1.90. The quantitative estimate of drug-likeness (QED) is 0.828. The molecule has 0 radical (unpaired) electrons. The smallest absolute Gasteiger partial charge is 0.251 e. The highest BCUT2D eigenvalue weighted by molar-refractivity contribution is 5.94. The van der Waals surface area contributed by atoms with Gasteiger partial charge in [-0.1, -0.05) is 13.8 Å². The van der Waals surface area contributed by atoms with Crippen LogP contribution >= 0.6 is 0 Å². The number of nitrogens with one attached hydrogen (secondary N) is 1. The number of nitrogen functional groups attached to an aromatic ring is 1. The fraction of sp³-hybridized carbons (Fsp3) is 0.600. The van der Waals surface area contributed by atoms with Crippen LogP contribution in [-0.4, -0.2) is 42.0 Å². The second kappa shape index (κ2) is 6.22. The van der Waals surface area contributed by atoms with Gasteiger partial charge in [-0.2, -0.15) is 0 Å². The van der Waals surface area contributed by atoms with E-state index in [-0.39, 0.29) is 11.8 Å². The highest BCUT2D eigenvalue weighted by Gasteiger charge is 2.25. The molecule has 0 unspecified atom stereocenters. The van der Waals surface area contributed by atoms with E-state index in [1.165, 1.54) is 12.8 Å². The van der Waals surface area contributed by atoms with Crippen LogP contribution in [-0.2, 0) is 0 Å². The van der Waals surface area contributed by atoms with Gasteiger partial charge in [0.05, 0.1) is 0 Å². The summed E-state index contributed by atoms with van der Waals surface area (Å²) < 4.78 is 0. The van der Waals surface area contributed by atoms with Gasteiger partial charge in [0.1, 0.15) is 5.82 Å². The number of aromatic nitrogens is 1. The zero-order valence-electron chi connectivity index (χ0n) is 12.5. The molecule has 5 heteroatoms. The van der Waals surface area contributed by atoms with Gasteiger partial charge >= 0.3 is 0 Å². The van der Waals surface area contributed by atoms with Gasteiger partial charge in [-0.05, 0) is 37.9 Å². The number of anilines is 1. The van der Waals surface area contributed by atoms with Gasteiger partial charge in [-0.25, -0.2) is 4.98 Å². The molecule has 1 amide bonds. The fourth-order valence-electron chi connectivity index (χ4n) is 2.15. The molecule has 0 aliphatic heterocycles. The Morgan fingerprint density at radius 2 is 2.20 bits per heavy atom. The number of likely N-dealkylation sites (N-methyl/N-ethyl adjacent to an activating group) is 1. The number of nitrogens with two attached hydrogens (primary N) is 1. The molecule has 0 spiro atoms. The van der Waals surface area contributed by atoms with Crippen LogP contribution < -0.4 is 11.1 Å². The largest absolute Gasteiger partial charge is 0.384 e. The van der Waals surface area contributed by atoms with Gasteiger partial charge in [-0.15, -0.1) is 0 Å². The number of hydrogen-bond acceptors (Lipinski definition) is 4. The Hall–Kier alpha value is -1.62. The molecule has 3 N–H and O–H groups in total. The van der Waals surface area contributed by atoms with Gasteiger partial charge in [0.2, 0.25) is 0 Å². The number of carbonyl (C=O) groups excluding carboxylic acids is 1. The summed E-state index contributed by atoms with van der Waals surface area (Å²) in [6, 6.07) is 4.17. The van der Waals surface area contributed by atoms with Crippen LogP contribution in [0.25, 0.3) is 0 Å². The van der Waals surface area contributed by atoms with Crippen molar-refractivity contribution in [3.63, 3.8) is 0 Å². The maximum absolute atomic E-state index is 12.1. The van der Waals surface area contributed by atoms with Crippen molar-refractivity contribution < 1.29 is 4.79 Å². The van der Waals surface area contributed by atoms with E-state index in [2.05, 4.69) is 22.2 Å². The highest BCUT2D eigenvalue weighted by atomic mass is 16.1. The van der Waals surface area contributed by atoms with Crippen molar-refractivity contribution in [2.45, 2.75) is 38.6 Å². The topological polar surface area (TPSA) is 71.2 Å². The number of hydrogen-bond donors (Lipinski definition) is 2. The third-order valence-corrected chi connectivity index (χ3v) is 3.64. The van der Waals surface area contributed by atoms with E-state index in [9.17, 15) is 4.79 Å². The van der Waals surface area contributed by atoms with Crippen molar-refractivity contribution >= 4 is 11.7 Å². The Labute approximate surface area is 120 Å². The van der Waals surface area contributed by atoms with Crippen molar-refractivity contribution in [3.05, 3.63) is 23.4 Å². The number of pyridine rings is 1. The first-order valence-corrected chi connectivity index (χ1v) is 7.23. The molecule has 1 saturated carbocycles. The molecule has 0 atom stereocenters. The van der Waals surface area contributed by atoms with E-state index >= 15 is 0 Å². The molecule has 20 heavy (non-hydrogen) atoms. The first-order valence-electron chi connectivity index (χ1n) is 7.23. The predicted molar refractivity (Wildman–Crippen MR) is 80.7 cm³/mol. The van der Waals surface area contributed by atoms with Gasteiger partial charge in [0, 0.05) is 30.4 Å². The Morgan fingerprint density at radius 1 is 1.50 bits per heavy atom. The number of carbonyl (C=O) groups is 1. The van der Waals surface area contributed by atoms with E-state index in [4.69, 9.17) is 5.73 Å². The van der Waals surface area contributed by atoms with Crippen LogP contribution in [0.4, 0.5) is 5.82 Å². The summed E-state index contributed by atoms with van der Waals surface area (Å²) in [7, 11) is 2.10. The van der Waals surface area contributed by atoms with Crippen LogP contribution in [0.2, 0.25) is 0 Å². The van der Waals surface area contributed by atoms with Gasteiger partial charge in [-0.3, -0.25) is 4.79 Å². The lowest BCUT2D eigenvalue weighted by atomic mass is 10.1. The summed E-state index contributed by atoms with van der Waals surface area (Å²) in [6.07, 6.45) is 2.56. The zero-order valence-corrected chi connectivity index (χ0v) is 12.5. The monoisotopic (exact) mass is 276 g/mol. The molecule has 110 valence electrons. The molecule has 1 fully saturated rings. The van der Waals surface area contributed by atoms with Crippen LogP contribution in [0.5, 0.6) is 0 Å². The average Bonchev–Trinajstić information content (AvgIpc) is 3.21. The molecule has 1 aromatic heterocycles. The molecule has 1 aliphatic carbocycles. The first-order chi connectivity index (χ1) is 9.47. The molecule has 5 nitrogen and oxygen atoms in total. The van der Waals surface area contributed by atoms with Crippen LogP contribution in [0.1, 0.15) is 48.7 Å². The van der Waals surface area contributed by atoms with E-state index in [1.807, 2.05) is 19.9 Å². The lowest BCUT2D eigenvalue weighted by molar-refractivity contribution is 0.0949. The molecule has 1 heterocycles. The summed E-state index contributed by atoms with van der Waals surface area (Å²) in [6.45, 7) is 5.61. The lowest BCUT2D eigenvalue weighted by Crippen LogP contribution is -2.34. The van der Waals surface area contributed by atoms with Crippen molar-refractivity contribution in [2.75, 3.05) is 25.9 Å². The molecular formula is C15H24N4O. The van der Waals surface area contributed by atoms with Crippen LogP contribution in [0.15, 0.2) is 12.1 Å². The van der Waals surface area contributed by atoms with Crippen LogP contribution in [0, 0.1) is 0 Å². The van der Waals surface area contributed by atoms with E-state index < -0.39 is 0 Å². The number of amides is 1. The Morgan fingerprint density at radius 3 is 2.80 bits per heavy atom. The summed E-state index contributed by atoms with van der Waals surface area (Å²) in [5.74, 6) is 0.577. The first kappa shape index (κ1) is 14.8. The summed E-state index contributed by atoms with van der Waals surface area (Å²) in [5.41, 5.74) is 7.21. The van der Waals surface area contributed by atoms with E-state index in [0.29, 0.717) is 17.9 Å². The molecule has 0 bridgehead atoms. The third-order valence-electron chi connectivity index (χ3n) is 3.64. The summed E-state index contributed by atoms with van der Waals surface area (Å²) >= 11 is 0. The molecule has 0 aromatic carbocycles. The van der Waals surface area contributed by atoms with Crippen molar-refractivity contribution in [3.8, 4) is 0 Å². The highest BCUT2D eigenvalue weighted by Crippen LogP contribution is 2.24. The van der Waals surface area contributed by atoms with E-state index in [1.54, 1.807) is 6.07 Å². The Kier molecular flexibility index (Phi) is 4.60. The van der Waals surface area contributed by atoms with Crippen LogP contribution in [0.3, 0.4) is 0 Å². The van der Waals surface area contributed by atoms with Crippen molar-refractivity contribution in [1.29, 1.82) is 0 Å².